The van der Waals surface area contributed by atoms with Crippen molar-refractivity contribution in [3.05, 3.63) is 29.3 Å². The third-order valence-corrected chi connectivity index (χ3v) is 3.44. The van der Waals surface area contributed by atoms with E-state index in [2.05, 4.69) is 12.6 Å². The maximum Gasteiger partial charge on any atom is 0.416 e. The first-order valence-corrected chi connectivity index (χ1v) is 5.72. The molecular weight excluding hydrogens is 249 g/mol. The topological polar surface area (TPSA) is 9.23 Å². The minimum Gasteiger partial charge on any atom is -0.496 e. The Morgan fingerprint density at radius 3 is 2.24 bits per heavy atom. The Hall–Kier alpha value is -0.840. The zero-order valence-corrected chi connectivity index (χ0v) is 10.8. The number of rotatable bonds is 3. The molecule has 5 heteroatoms. The van der Waals surface area contributed by atoms with E-state index in [4.69, 9.17) is 4.74 Å². The number of benzene rings is 1. The highest BCUT2D eigenvalue weighted by Crippen LogP contribution is 2.38. The molecule has 0 radical (unpaired) electrons. The quantitative estimate of drug-likeness (QED) is 0.814. The largest absolute Gasteiger partial charge is 0.496 e. The fraction of sp³-hybridized carbons (Fsp3) is 0.500. The Kier molecular flexibility index (Phi) is 4.02. The van der Waals surface area contributed by atoms with E-state index in [0.717, 1.165) is 12.1 Å². The number of thiol groups is 1. The maximum atomic E-state index is 12.6. The van der Waals surface area contributed by atoms with Crippen molar-refractivity contribution in [3.8, 4) is 5.75 Å². The van der Waals surface area contributed by atoms with Crippen LogP contribution < -0.4 is 4.74 Å². The SMILES string of the molecule is COc1ccc(C(F)(F)F)cc1C(C)(C)CS. The van der Waals surface area contributed by atoms with Crippen molar-refractivity contribution in [1.29, 1.82) is 0 Å². The molecule has 0 aliphatic heterocycles. The molecule has 1 rings (SSSR count). The van der Waals surface area contributed by atoms with Crippen molar-refractivity contribution in [3.63, 3.8) is 0 Å². The van der Waals surface area contributed by atoms with E-state index in [9.17, 15) is 13.2 Å². The van der Waals surface area contributed by atoms with Crippen molar-refractivity contribution in [1.82, 2.24) is 0 Å². The van der Waals surface area contributed by atoms with Gasteiger partial charge in [0.05, 0.1) is 12.7 Å². The van der Waals surface area contributed by atoms with Gasteiger partial charge in [0.25, 0.3) is 0 Å². The zero-order chi connectivity index (χ0) is 13.3. The van der Waals surface area contributed by atoms with Crippen molar-refractivity contribution < 1.29 is 17.9 Å². The van der Waals surface area contributed by atoms with Gasteiger partial charge in [-0.1, -0.05) is 13.8 Å². The van der Waals surface area contributed by atoms with E-state index in [1.807, 2.05) is 13.8 Å². The number of ether oxygens (including phenoxy) is 1. The van der Waals surface area contributed by atoms with E-state index in [1.54, 1.807) is 0 Å². The minimum absolute atomic E-state index is 0.435. The van der Waals surface area contributed by atoms with E-state index < -0.39 is 17.2 Å². The van der Waals surface area contributed by atoms with Crippen molar-refractivity contribution in [2.75, 3.05) is 12.9 Å². The summed E-state index contributed by atoms with van der Waals surface area (Å²) in [7, 11) is 1.45. The molecule has 0 unspecified atom stereocenters. The van der Waals surface area contributed by atoms with Crippen molar-refractivity contribution in [2.45, 2.75) is 25.4 Å². The molecule has 0 atom stereocenters. The summed E-state index contributed by atoms with van der Waals surface area (Å²) in [6, 6.07) is 3.51. The monoisotopic (exact) mass is 264 g/mol. The van der Waals surface area contributed by atoms with Gasteiger partial charge in [0.15, 0.2) is 0 Å². The average molecular weight is 264 g/mol. The van der Waals surface area contributed by atoms with Crippen LogP contribution in [0.5, 0.6) is 5.75 Å². The molecule has 0 fully saturated rings. The van der Waals surface area contributed by atoms with Gasteiger partial charge >= 0.3 is 6.18 Å². The summed E-state index contributed by atoms with van der Waals surface area (Å²) in [6.45, 7) is 3.66. The fourth-order valence-corrected chi connectivity index (χ4v) is 1.67. The predicted molar refractivity (Wildman–Crippen MR) is 64.9 cm³/mol. The summed E-state index contributed by atoms with van der Waals surface area (Å²) in [4.78, 5) is 0. The summed E-state index contributed by atoms with van der Waals surface area (Å²) in [5.41, 5.74) is -0.622. The van der Waals surface area contributed by atoms with Gasteiger partial charge in [-0.15, -0.1) is 0 Å². The first-order valence-electron chi connectivity index (χ1n) is 5.09. The highest BCUT2D eigenvalue weighted by Gasteiger charge is 2.33. The Balaban J connectivity index is 3.35. The molecule has 0 saturated carbocycles. The lowest BCUT2D eigenvalue weighted by Gasteiger charge is -2.26. The molecule has 0 aromatic heterocycles. The first kappa shape index (κ1) is 14.2. The molecule has 0 bridgehead atoms. The number of hydrogen-bond acceptors (Lipinski definition) is 2. The van der Waals surface area contributed by atoms with E-state index in [1.165, 1.54) is 13.2 Å². The molecule has 0 saturated heterocycles. The smallest absolute Gasteiger partial charge is 0.416 e. The van der Waals surface area contributed by atoms with Gasteiger partial charge < -0.3 is 4.74 Å². The lowest BCUT2D eigenvalue weighted by molar-refractivity contribution is -0.137. The normalized spacial score (nSPS) is 12.6. The third kappa shape index (κ3) is 3.09. The highest BCUT2D eigenvalue weighted by atomic mass is 32.1. The van der Waals surface area contributed by atoms with Gasteiger partial charge in [-0.2, -0.15) is 25.8 Å². The maximum absolute atomic E-state index is 12.6. The second-order valence-corrected chi connectivity index (χ2v) is 4.77. The Labute approximate surface area is 104 Å². The van der Waals surface area contributed by atoms with E-state index >= 15 is 0 Å². The van der Waals surface area contributed by atoms with Gasteiger partial charge in [-0.25, -0.2) is 0 Å². The summed E-state index contributed by atoms with van der Waals surface area (Å²) < 4.78 is 43.0. The fourth-order valence-electron chi connectivity index (χ4n) is 1.50. The first-order chi connectivity index (χ1) is 7.72. The molecule has 1 aromatic carbocycles. The summed E-state index contributed by atoms with van der Waals surface area (Å²) in [6.07, 6.45) is -4.34. The number of hydrogen-bond donors (Lipinski definition) is 1. The standard InChI is InChI=1S/C12H15F3OS/c1-11(2,7-17)9-6-8(12(13,14)15)4-5-10(9)16-3/h4-6,17H,7H2,1-3H3. The molecule has 0 N–H and O–H groups in total. The van der Waals surface area contributed by atoms with Gasteiger partial charge in [0, 0.05) is 11.0 Å². The lowest BCUT2D eigenvalue weighted by Crippen LogP contribution is -2.21. The van der Waals surface area contributed by atoms with Crippen molar-refractivity contribution in [2.24, 2.45) is 0 Å². The predicted octanol–water partition coefficient (Wildman–Crippen LogP) is 3.92. The summed E-state index contributed by atoms with van der Waals surface area (Å²) in [5.74, 6) is 0.891. The number of halogens is 3. The third-order valence-electron chi connectivity index (χ3n) is 2.65. The second-order valence-electron chi connectivity index (χ2n) is 4.45. The average Bonchev–Trinajstić information content (AvgIpc) is 2.27. The molecule has 0 amide bonds. The molecule has 0 aliphatic carbocycles. The van der Waals surface area contributed by atoms with E-state index in [-0.39, 0.29) is 0 Å². The van der Waals surface area contributed by atoms with Crippen LogP contribution in [0.3, 0.4) is 0 Å². The molecule has 96 valence electrons. The Morgan fingerprint density at radius 2 is 1.82 bits per heavy atom. The molecule has 1 nitrogen and oxygen atoms in total. The molecule has 0 aliphatic rings. The van der Waals surface area contributed by atoms with Crippen LogP contribution in [0.15, 0.2) is 18.2 Å². The van der Waals surface area contributed by atoms with Gasteiger partial charge in [0.1, 0.15) is 5.75 Å². The van der Waals surface area contributed by atoms with Crippen LogP contribution in [0.25, 0.3) is 0 Å². The number of alkyl halides is 3. The van der Waals surface area contributed by atoms with Crippen LogP contribution in [0.1, 0.15) is 25.0 Å². The van der Waals surface area contributed by atoms with Crippen molar-refractivity contribution >= 4 is 12.6 Å². The minimum atomic E-state index is -4.34. The molecule has 0 spiro atoms. The lowest BCUT2D eigenvalue weighted by atomic mass is 9.85. The van der Waals surface area contributed by atoms with Gasteiger partial charge in [-0.05, 0) is 24.0 Å². The zero-order valence-electron chi connectivity index (χ0n) is 9.93. The van der Waals surface area contributed by atoms with E-state index in [0.29, 0.717) is 17.1 Å². The molecule has 17 heavy (non-hydrogen) atoms. The summed E-state index contributed by atoms with van der Waals surface area (Å²) >= 11 is 4.17. The molecule has 1 aromatic rings. The molecule has 0 heterocycles. The second kappa shape index (κ2) is 4.80. The summed E-state index contributed by atoms with van der Waals surface area (Å²) in [5, 5.41) is 0. The Bertz CT molecular complexity index is 399. The number of methoxy groups -OCH3 is 1. The van der Waals surface area contributed by atoms with Crippen LogP contribution in [-0.4, -0.2) is 12.9 Å². The highest BCUT2D eigenvalue weighted by molar-refractivity contribution is 7.80. The van der Waals surface area contributed by atoms with Crippen LogP contribution in [0.4, 0.5) is 13.2 Å². The Morgan fingerprint density at radius 1 is 1.24 bits per heavy atom. The van der Waals surface area contributed by atoms with Crippen LogP contribution in [0.2, 0.25) is 0 Å². The van der Waals surface area contributed by atoms with Crippen LogP contribution >= 0.6 is 12.6 Å². The molecular formula is C12H15F3OS. The van der Waals surface area contributed by atoms with Crippen LogP contribution in [0, 0.1) is 0 Å². The van der Waals surface area contributed by atoms with Gasteiger partial charge in [-0.3, -0.25) is 0 Å². The van der Waals surface area contributed by atoms with Gasteiger partial charge in [0.2, 0.25) is 0 Å². The van der Waals surface area contributed by atoms with Crippen LogP contribution in [-0.2, 0) is 11.6 Å².